The van der Waals surface area contributed by atoms with Crippen molar-refractivity contribution in [1.82, 2.24) is 15.5 Å². The summed E-state index contributed by atoms with van der Waals surface area (Å²) in [5.74, 6) is -0.415. The lowest BCUT2D eigenvalue weighted by Gasteiger charge is -2.11. The van der Waals surface area contributed by atoms with Crippen molar-refractivity contribution in [1.29, 1.82) is 0 Å². The van der Waals surface area contributed by atoms with Gasteiger partial charge in [-0.1, -0.05) is 13.0 Å². The molecule has 0 fully saturated rings. The van der Waals surface area contributed by atoms with Crippen molar-refractivity contribution in [3.8, 4) is 0 Å². The average molecular weight is 287 g/mol. The second-order valence-electron chi connectivity index (χ2n) is 5.39. The van der Waals surface area contributed by atoms with Crippen LogP contribution in [0.15, 0.2) is 24.3 Å². The van der Waals surface area contributed by atoms with Crippen molar-refractivity contribution >= 4 is 5.91 Å². The van der Waals surface area contributed by atoms with Crippen molar-refractivity contribution in [3.63, 3.8) is 0 Å². The van der Waals surface area contributed by atoms with Gasteiger partial charge in [0, 0.05) is 0 Å². The van der Waals surface area contributed by atoms with Gasteiger partial charge in [0.2, 0.25) is 5.91 Å². The van der Waals surface area contributed by atoms with E-state index in [9.17, 15) is 9.18 Å². The van der Waals surface area contributed by atoms with Gasteiger partial charge in [-0.3, -0.25) is 9.89 Å². The van der Waals surface area contributed by atoms with E-state index in [1.165, 1.54) is 12.1 Å². The molecule has 0 saturated carbocycles. The second kappa shape index (κ2) is 5.68. The highest BCUT2D eigenvalue weighted by Gasteiger charge is 2.28. The fourth-order valence-corrected chi connectivity index (χ4v) is 2.84. The van der Waals surface area contributed by atoms with Gasteiger partial charge in [-0.05, 0) is 48.6 Å². The monoisotopic (exact) mass is 287 g/mol. The van der Waals surface area contributed by atoms with Gasteiger partial charge in [-0.2, -0.15) is 5.10 Å². The van der Waals surface area contributed by atoms with E-state index in [4.69, 9.17) is 0 Å². The van der Waals surface area contributed by atoms with Crippen molar-refractivity contribution in [2.45, 2.75) is 38.6 Å². The Morgan fingerprint density at radius 3 is 3.10 bits per heavy atom. The lowest BCUT2D eigenvalue weighted by Crippen LogP contribution is -2.28. The maximum absolute atomic E-state index is 13.2. The lowest BCUT2D eigenvalue weighted by atomic mass is 10.0. The first kappa shape index (κ1) is 13.8. The summed E-state index contributed by atoms with van der Waals surface area (Å²) in [6.45, 7) is 2.48. The summed E-state index contributed by atoms with van der Waals surface area (Å²) < 4.78 is 13.2. The number of rotatable bonds is 4. The van der Waals surface area contributed by atoms with Crippen LogP contribution in [-0.2, 0) is 24.2 Å². The summed E-state index contributed by atoms with van der Waals surface area (Å²) in [6.07, 6.45) is 2.37. The zero-order valence-corrected chi connectivity index (χ0v) is 11.9. The molecule has 0 radical (unpaired) electrons. The number of halogens is 1. The Morgan fingerprint density at radius 1 is 1.48 bits per heavy atom. The van der Waals surface area contributed by atoms with Gasteiger partial charge in [0.15, 0.2) is 0 Å². The number of hydrogen-bond acceptors (Lipinski definition) is 2. The number of H-pyrrole nitrogens is 1. The zero-order valence-electron chi connectivity index (χ0n) is 11.9. The zero-order chi connectivity index (χ0) is 14.8. The Kier molecular flexibility index (Phi) is 3.73. The Balaban J connectivity index is 1.65. The van der Waals surface area contributed by atoms with E-state index in [1.54, 1.807) is 6.07 Å². The smallest absolute Gasteiger partial charge is 0.227 e. The van der Waals surface area contributed by atoms with Gasteiger partial charge in [-0.25, -0.2) is 4.39 Å². The first-order valence-corrected chi connectivity index (χ1v) is 7.26. The lowest BCUT2D eigenvalue weighted by molar-refractivity contribution is -0.122. The predicted octanol–water partition coefficient (Wildman–Crippen LogP) is 2.46. The van der Waals surface area contributed by atoms with Crippen LogP contribution in [0.3, 0.4) is 0 Å². The number of amides is 1. The number of hydrogen-bond donors (Lipinski definition) is 2. The number of nitrogens with zero attached hydrogens (tertiary/aromatic N) is 1. The van der Waals surface area contributed by atoms with Crippen LogP contribution in [0.25, 0.3) is 0 Å². The van der Waals surface area contributed by atoms with Gasteiger partial charge in [-0.15, -0.1) is 0 Å². The molecule has 5 heteroatoms. The van der Waals surface area contributed by atoms with E-state index < -0.39 is 0 Å². The normalized spacial score (nSPS) is 16.8. The molecule has 3 rings (SSSR count). The molecule has 110 valence electrons. The molecule has 1 unspecified atom stereocenters. The molecule has 1 atom stereocenters. The number of aryl methyl sites for hydroxylation is 2. The third-order valence-electron chi connectivity index (χ3n) is 4.00. The molecule has 21 heavy (non-hydrogen) atoms. The number of aromatic nitrogens is 2. The molecule has 0 spiro atoms. The summed E-state index contributed by atoms with van der Waals surface area (Å²) in [4.78, 5) is 12.3. The number of carbonyl (C=O) groups is 1. The highest BCUT2D eigenvalue weighted by atomic mass is 19.1. The largest absolute Gasteiger partial charge is 0.350 e. The van der Waals surface area contributed by atoms with Crippen LogP contribution in [0, 0.1) is 5.82 Å². The van der Waals surface area contributed by atoms with E-state index in [1.807, 2.05) is 13.0 Å². The summed E-state index contributed by atoms with van der Waals surface area (Å²) >= 11 is 0. The van der Waals surface area contributed by atoms with Crippen LogP contribution < -0.4 is 5.32 Å². The molecule has 0 bridgehead atoms. The Morgan fingerprint density at radius 2 is 2.33 bits per heavy atom. The van der Waals surface area contributed by atoms with Gasteiger partial charge in [0.25, 0.3) is 0 Å². The predicted molar refractivity (Wildman–Crippen MR) is 77.3 cm³/mol. The highest BCUT2D eigenvalue weighted by Crippen LogP contribution is 2.33. The van der Waals surface area contributed by atoms with Gasteiger partial charge < -0.3 is 5.32 Å². The minimum Gasteiger partial charge on any atom is -0.350 e. The van der Waals surface area contributed by atoms with Crippen LogP contribution in [-0.4, -0.2) is 16.1 Å². The first-order chi connectivity index (χ1) is 10.2. The number of benzene rings is 1. The summed E-state index contributed by atoms with van der Waals surface area (Å²) in [5, 5.41) is 9.98. The van der Waals surface area contributed by atoms with E-state index >= 15 is 0 Å². The second-order valence-corrected chi connectivity index (χ2v) is 5.39. The summed E-state index contributed by atoms with van der Waals surface area (Å²) in [6, 6.07) is 6.64. The minimum absolute atomic E-state index is 0.00648. The van der Waals surface area contributed by atoms with E-state index in [-0.39, 0.29) is 17.6 Å². The molecule has 1 aliphatic rings. The Labute approximate surface area is 122 Å². The van der Waals surface area contributed by atoms with Crippen LogP contribution in [0.5, 0.6) is 0 Å². The van der Waals surface area contributed by atoms with Crippen LogP contribution in [0.4, 0.5) is 4.39 Å². The van der Waals surface area contributed by atoms with E-state index in [0.717, 1.165) is 41.8 Å². The van der Waals surface area contributed by atoms with Gasteiger partial charge in [0.05, 0.1) is 23.9 Å². The molecule has 1 amide bonds. The molecule has 1 heterocycles. The van der Waals surface area contributed by atoms with Crippen molar-refractivity contribution in [2.75, 3.05) is 0 Å². The molecular formula is C16H18FN3O. The van der Waals surface area contributed by atoms with Crippen molar-refractivity contribution < 1.29 is 9.18 Å². The molecule has 1 aromatic heterocycles. The summed E-state index contributed by atoms with van der Waals surface area (Å²) in [7, 11) is 0. The number of carbonyl (C=O) groups excluding carboxylic acids is 1. The molecule has 2 aromatic rings. The number of fused-ring (bicyclic) bond motifs is 1. The molecule has 2 N–H and O–H groups in total. The SMILES string of the molecule is CCc1cc(CNC(=O)C2CCc3cc(F)ccc32)[nH]n1. The van der Waals surface area contributed by atoms with Crippen LogP contribution in [0.1, 0.15) is 41.8 Å². The van der Waals surface area contributed by atoms with Crippen molar-refractivity contribution in [3.05, 3.63) is 52.6 Å². The maximum Gasteiger partial charge on any atom is 0.227 e. The fourth-order valence-electron chi connectivity index (χ4n) is 2.84. The highest BCUT2D eigenvalue weighted by molar-refractivity contribution is 5.84. The third-order valence-corrected chi connectivity index (χ3v) is 4.00. The summed E-state index contributed by atoms with van der Waals surface area (Å²) in [5.41, 5.74) is 3.79. The van der Waals surface area contributed by atoms with Crippen molar-refractivity contribution in [2.24, 2.45) is 0 Å². The van der Waals surface area contributed by atoms with Gasteiger partial charge in [0.1, 0.15) is 5.82 Å². The molecule has 4 nitrogen and oxygen atoms in total. The first-order valence-electron chi connectivity index (χ1n) is 7.26. The fraction of sp³-hybridized carbons (Fsp3) is 0.375. The molecule has 1 aromatic carbocycles. The minimum atomic E-state index is -0.237. The van der Waals surface area contributed by atoms with E-state index in [2.05, 4.69) is 15.5 Å². The standard InChI is InChI=1S/C16H18FN3O/c1-2-12-8-13(20-19-12)9-18-16(21)15-5-3-10-7-11(17)4-6-14(10)15/h4,6-8,15H,2-3,5,9H2,1H3,(H,18,21)(H,19,20). The maximum atomic E-state index is 13.2. The third kappa shape index (κ3) is 2.82. The topological polar surface area (TPSA) is 57.8 Å². The number of nitrogens with one attached hydrogen (secondary N) is 2. The molecular weight excluding hydrogens is 269 g/mol. The molecule has 0 saturated heterocycles. The number of aromatic amines is 1. The van der Waals surface area contributed by atoms with E-state index in [0.29, 0.717) is 6.54 Å². The van der Waals surface area contributed by atoms with Crippen LogP contribution in [0.2, 0.25) is 0 Å². The van der Waals surface area contributed by atoms with Gasteiger partial charge >= 0.3 is 0 Å². The quantitative estimate of drug-likeness (QED) is 0.907. The molecule has 0 aliphatic heterocycles. The average Bonchev–Trinajstić information content (AvgIpc) is 3.10. The Bertz CT molecular complexity index is 665. The van der Waals surface area contributed by atoms with Crippen LogP contribution >= 0.6 is 0 Å². The Hall–Kier alpha value is -2.17. The molecule has 1 aliphatic carbocycles.